The van der Waals surface area contributed by atoms with Crippen LogP contribution in [0.2, 0.25) is 0 Å². The van der Waals surface area contributed by atoms with Crippen LogP contribution in [0, 0.1) is 0 Å². The molecule has 0 amide bonds. The van der Waals surface area contributed by atoms with Gasteiger partial charge in [-0.3, -0.25) is 9.78 Å². The van der Waals surface area contributed by atoms with Crippen molar-refractivity contribution in [3.8, 4) is 0 Å². The summed E-state index contributed by atoms with van der Waals surface area (Å²) >= 11 is 0. The monoisotopic (exact) mass is 199 g/mol. The largest absolute Gasteiger partial charge is 0.299 e. The molecular weight excluding hydrogens is 186 g/mol. The predicted molar refractivity (Wildman–Crippen MR) is 60.7 cm³/mol. The maximum absolute atomic E-state index is 11.4. The molecule has 0 saturated carbocycles. The topological polar surface area (TPSA) is 30.0 Å². The molecule has 0 atom stereocenters. The number of benzene rings is 1. The molecule has 15 heavy (non-hydrogen) atoms. The molecule has 0 saturated heterocycles. The lowest BCUT2D eigenvalue weighted by molar-refractivity contribution is -0.118. The Morgan fingerprint density at radius 2 is 2.07 bits per heavy atom. The first-order chi connectivity index (χ1) is 7.31. The standard InChI is InChI=1S/C13H13NO/c1-2-11(15)9-10-7-8-14-13-6-4-3-5-12(10)13/h3-8H,2,9H2,1H3. The van der Waals surface area contributed by atoms with E-state index in [1.54, 1.807) is 6.20 Å². The van der Waals surface area contributed by atoms with E-state index in [-0.39, 0.29) is 5.78 Å². The third-order valence-electron chi connectivity index (χ3n) is 2.52. The van der Waals surface area contributed by atoms with Gasteiger partial charge in [-0.15, -0.1) is 0 Å². The van der Waals surface area contributed by atoms with E-state index >= 15 is 0 Å². The summed E-state index contributed by atoms with van der Waals surface area (Å²) < 4.78 is 0. The van der Waals surface area contributed by atoms with E-state index in [0.717, 1.165) is 16.5 Å². The van der Waals surface area contributed by atoms with Crippen molar-refractivity contribution in [2.24, 2.45) is 0 Å². The van der Waals surface area contributed by atoms with Gasteiger partial charge in [-0.05, 0) is 17.7 Å². The van der Waals surface area contributed by atoms with Gasteiger partial charge in [-0.25, -0.2) is 0 Å². The lowest BCUT2D eigenvalue weighted by atomic mass is 10.0. The number of pyridine rings is 1. The van der Waals surface area contributed by atoms with Crippen molar-refractivity contribution in [1.29, 1.82) is 0 Å². The highest BCUT2D eigenvalue weighted by Gasteiger charge is 2.05. The molecule has 0 radical (unpaired) electrons. The Morgan fingerprint density at radius 3 is 2.87 bits per heavy atom. The average molecular weight is 199 g/mol. The van der Waals surface area contributed by atoms with Crippen molar-refractivity contribution < 1.29 is 4.79 Å². The fourth-order valence-corrected chi connectivity index (χ4v) is 1.65. The molecule has 2 aromatic rings. The summed E-state index contributed by atoms with van der Waals surface area (Å²) in [6, 6.07) is 9.84. The third-order valence-corrected chi connectivity index (χ3v) is 2.52. The van der Waals surface area contributed by atoms with Crippen LogP contribution in [0.5, 0.6) is 0 Å². The molecule has 2 heteroatoms. The summed E-state index contributed by atoms with van der Waals surface area (Å²) in [5, 5.41) is 1.09. The van der Waals surface area contributed by atoms with Crippen LogP contribution in [0.1, 0.15) is 18.9 Å². The average Bonchev–Trinajstić information content (AvgIpc) is 2.29. The van der Waals surface area contributed by atoms with Gasteiger partial charge in [0.2, 0.25) is 0 Å². The lowest BCUT2D eigenvalue weighted by Crippen LogP contribution is -2.01. The van der Waals surface area contributed by atoms with Crippen LogP contribution >= 0.6 is 0 Å². The number of Topliss-reactive ketones (excluding diaryl/α,β-unsaturated/α-hetero) is 1. The Morgan fingerprint density at radius 1 is 1.27 bits per heavy atom. The highest BCUT2D eigenvalue weighted by atomic mass is 16.1. The molecule has 0 bridgehead atoms. The molecule has 0 aliphatic heterocycles. The van der Waals surface area contributed by atoms with Gasteiger partial charge in [0.1, 0.15) is 5.78 Å². The fourth-order valence-electron chi connectivity index (χ4n) is 1.65. The fraction of sp³-hybridized carbons (Fsp3) is 0.231. The SMILES string of the molecule is CCC(=O)Cc1ccnc2ccccc12. The van der Waals surface area contributed by atoms with Crippen LogP contribution in [0.3, 0.4) is 0 Å². The minimum atomic E-state index is 0.270. The summed E-state index contributed by atoms with van der Waals surface area (Å²) in [7, 11) is 0. The molecular formula is C13H13NO. The number of ketones is 1. The summed E-state index contributed by atoms with van der Waals surface area (Å²) in [5.74, 6) is 0.270. The van der Waals surface area contributed by atoms with E-state index in [4.69, 9.17) is 0 Å². The minimum absolute atomic E-state index is 0.270. The van der Waals surface area contributed by atoms with E-state index < -0.39 is 0 Å². The molecule has 0 fully saturated rings. The van der Waals surface area contributed by atoms with Crippen LogP contribution in [0.15, 0.2) is 36.5 Å². The number of aromatic nitrogens is 1. The second kappa shape index (κ2) is 4.22. The van der Waals surface area contributed by atoms with Crippen molar-refractivity contribution in [3.05, 3.63) is 42.1 Å². The van der Waals surface area contributed by atoms with Crippen LogP contribution < -0.4 is 0 Å². The van der Waals surface area contributed by atoms with E-state index in [1.807, 2.05) is 37.3 Å². The maximum Gasteiger partial charge on any atom is 0.137 e. The van der Waals surface area contributed by atoms with Gasteiger partial charge in [-0.2, -0.15) is 0 Å². The molecule has 1 heterocycles. The minimum Gasteiger partial charge on any atom is -0.299 e. The zero-order chi connectivity index (χ0) is 10.7. The van der Waals surface area contributed by atoms with Gasteiger partial charge in [0.25, 0.3) is 0 Å². The molecule has 0 aliphatic carbocycles. The smallest absolute Gasteiger partial charge is 0.137 e. The summed E-state index contributed by atoms with van der Waals surface area (Å²) in [5.41, 5.74) is 2.03. The summed E-state index contributed by atoms with van der Waals surface area (Å²) in [4.78, 5) is 15.7. The molecule has 76 valence electrons. The molecule has 2 nitrogen and oxygen atoms in total. The Kier molecular flexibility index (Phi) is 2.77. The van der Waals surface area contributed by atoms with Crippen LogP contribution in [-0.2, 0) is 11.2 Å². The molecule has 1 aromatic heterocycles. The number of carbonyl (C=O) groups is 1. The van der Waals surface area contributed by atoms with Crippen molar-refractivity contribution in [3.63, 3.8) is 0 Å². The number of hydrogen-bond donors (Lipinski definition) is 0. The Balaban J connectivity index is 2.46. The summed E-state index contributed by atoms with van der Waals surface area (Å²) in [6.45, 7) is 1.89. The first-order valence-electron chi connectivity index (χ1n) is 5.15. The van der Waals surface area contributed by atoms with Gasteiger partial charge >= 0.3 is 0 Å². The van der Waals surface area contributed by atoms with Crippen LogP contribution in [-0.4, -0.2) is 10.8 Å². The number of hydrogen-bond acceptors (Lipinski definition) is 2. The van der Waals surface area contributed by atoms with Gasteiger partial charge in [0.05, 0.1) is 5.52 Å². The van der Waals surface area contributed by atoms with E-state index in [2.05, 4.69) is 4.98 Å². The van der Waals surface area contributed by atoms with Gasteiger partial charge < -0.3 is 0 Å². The number of nitrogens with zero attached hydrogens (tertiary/aromatic N) is 1. The van der Waals surface area contributed by atoms with Gasteiger partial charge in [-0.1, -0.05) is 25.1 Å². The molecule has 0 N–H and O–H groups in total. The molecule has 0 aliphatic rings. The second-order valence-corrected chi connectivity index (χ2v) is 3.56. The maximum atomic E-state index is 11.4. The number of para-hydroxylation sites is 1. The third kappa shape index (κ3) is 2.04. The van der Waals surface area contributed by atoms with E-state index in [0.29, 0.717) is 12.8 Å². The quantitative estimate of drug-likeness (QED) is 0.760. The van der Waals surface area contributed by atoms with Crippen LogP contribution in [0.4, 0.5) is 0 Å². The summed E-state index contributed by atoms with van der Waals surface area (Å²) in [6.07, 6.45) is 2.87. The highest BCUT2D eigenvalue weighted by Crippen LogP contribution is 2.16. The lowest BCUT2D eigenvalue weighted by Gasteiger charge is -2.03. The molecule has 0 unspecified atom stereocenters. The number of rotatable bonds is 3. The first-order valence-corrected chi connectivity index (χ1v) is 5.15. The molecule has 1 aromatic carbocycles. The predicted octanol–water partition coefficient (Wildman–Crippen LogP) is 2.76. The normalized spacial score (nSPS) is 10.5. The Hall–Kier alpha value is -1.70. The Bertz CT molecular complexity index is 485. The number of fused-ring (bicyclic) bond motifs is 1. The van der Waals surface area contributed by atoms with E-state index in [1.165, 1.54) is 0 Å². The first kappa shape index (κ1) is 9.84. The van der Waals surface area contributed by atoms with Gasteiger partial charge in [0, 0.05) is 24.4 Å². The molecule has 2 rings (SSSR count). The highest BCUT2D eigenvalue weighted by molar-refractivity contribution is 5.88. The van der Waals surface area contributed by atoms with E-state index in [9.17, 15) is 4.79 Å². The van der Waals surface area contributed by atoms with Crippen molar-refractivity contribution in [1.82, 2.24) is 4.98 Å². The molecule has 0 spiro atoms. The van der Waals surface area contributed by atoms with Crippen LogP contribution in [0.25, 0.3) is 10.9 Å². The second-order valence-electron chi connectivity index (χ2n) is 3.56. The number of carbonyl (C=O) groups excluding carboxylic acids is 1. The van der Waals surface area contributed by atoms with Crippen molar-refractivity contribution >= 4 is 16.7 Å². The van der Waals surface area contributed by atoms with Gasteiger partial charge in [0.15, 0.2) is 0 Å². The Labute approximate surface area is 89.0 Å². The zero-order valence-corrected chi connectivity index (χ0v) is 8.73. The zero-order valence-electron chi connectivity index (χ0n) is 8.73. The van der Waals surface area contributed by atoms with Crippen molar-refractivity contribution in [2.45, 2.75) is 19.8 Å². The van der Waals surface area contributed by atoms with Crippen molar-refractivity contribution in [2.75, 3.05) is 0 Å².